The van der Waals surface area contributed by atoms with Crippen LogP contribution in [0, 0.1) is 6.92 Å². The van der Waals surface area contributed by atoms with Crippen LogP contribution in [-0.2, 0) is 0 Å². The minimum Gasteiger partial charge on any atom is -0.447 e. The van der Waals surface area contributed by atoms with E-state index < -0.39 is 0 Å². The second-order valence-corrected chi connectivity index (χ2v) is 6.83. The van der Waals surface area contributed by atoms with Crippen molar-refractivity contribution in [3.63, 3.8) is 0 Å². The lowest BCUT2D eigenvalue weighted by Crippen LogP contribution is -2.16. The van der Waals surface area contributed by atoms with Gasteiger partial charge in [-0.2, -0.15) is 4.98 Å². The maximum atomic E-state index is 6.18. The highest BCUT2D eigenvalue weighted by atomic mass is 32.2. The van der Waals surface area contributed by atoms with Gasteiger partial charge in [-0.25, -0.2) is 0 Å². The highest BCUT2D eigenvalue weighted by Gasteiger charge is 2.27. The SMILES string of the molecule is CSc1nnc2c(n1)OC(c1sccc1C)Nc1ccccc1-2. The lowest BCUT2D eigenvalue weighted by Gasteiger charge is -2.18. The molecule has 0 aliphatic carbocycles. The van der Waals surface area contributed by atoms with Gasteiger partial charge in [-0.3, -0.25) is 0 Å². The molecule has 0 radical (unpaired) electrons. The van der Waals surface area contributed by atoms with Gasteiger partial charge in [-0.05, 0) is 36.3 Å². The summed E-state index contributed by atoms with van der Waals surface area (Å²) in [4.78, 5) is 5.65. The Bertz CT molecular complexity index is 865. The van der Waals surface area contributed by atoms with E-state index in [9.17, 15) is 0 Å². The minimum atomic E-state index is -0.288. The molecule has 1 atom stereocenters. The van der Waals surface area contributed by atoms with Crippen molar-refractivity contribution >= 4 is 28.8 Å². The largest absolute Gasteiger partial charge is 0.447 e. The summed E-state index contributed by atoms with van der Waals surface area (Å²) in [5, 5.41) is 14.6. The van der Waals surface area contributed by atoms with Crippen molar-refractivity contribution in [3.8, 4) is 17.1 Å². The summed E-state index contributed by atoms with van der Waals surface area (Å²) < 4.78 is 6.18. The number of nitrogens with zero attached hydrogens (tertiary/aromatic N) is 3. The fraction of sp³-hybridized carbons (Fsp3) is 0.188. The van der Waals surface area contributed by atoms with Crippen molar-refractivity contribution in [1.82, 2.24) is 15.2 Å². The molecule has 0 amide bonds. The summed E-state index contributed by atoms with van der Waals surface area (Å²) in [5.41, 5.74) is 3.78. The van der Waals surface area contributed by atoms with E-state index in [4.69, 9.17) is 4.74 Å². The van der Waals surface area contributed by atoms with Crippen LogP contribution in [0.5, 0.6) is 5.88 Å². The predicted octanol–water partition coefficient (Wildman–Crippen LogP) is 4.13. The molecule has 0 bridgehead atoms. The van der Waals surface area contributed by atoms with E-state index in [1.807, 2.05) is 30.5 Å². The summed E-state index contributed by atoms with van der Waals surface area (Å²) >= 11 is 3.12. The molecule has 4 rings (SSSR count). The van der Waals surface area contributed by atoms with Crippen LogP contribution in [0.3, 0.4) is 0 Å². The van der Waals surface area contributed by atoms with Crippen molar-refractivity contribution in [2.45, 2.75) is 18.3 Å². The van der Waals surface area contributed by atoms with Crippen LogP contribution in [0.15, 0.2) is 40.9 Å². The van der Waals surface area contributed by atoms with Crippen LogP contribution in [0.25, 0.3) is 11.3 Å². The van der Waals surface area contributed by atoms with E-state index in [1.165, 1.54) is 17.3 Å². The number of anilines is 1. The van der Waals surface area contributed by atoms with Crippen molar-refractivity contribution in [2.24, 2.45) is 0 Å². The molecule has 1 aliphatic heterocycles. The number of thiophene rings is 1. The molecule has 0 fully saturated rings. The number of benzene rings is 1. The Balaban J connectivity index is 1.89. The van der Waals surface area contributed by atoms with Crippen molar-refractivity contribution in [3.05, 3.63) is 46.2 Å². The number of aryl methyl sites for hydroxylation is 1. The van der Waals surface area contributed by atoms with E-state index in [-0.39, 0.29) is 6.23 Å². The zero-order valence-corrected chi connectivity index (χ0v) is 14.2. The van der Waals surface area contributed by atoms with Crippen LogP contribution in [0.2, 0.25) is 0 Å². The number of hydrogen-bond donors (Lipinski definition) is 1. The minimum absolute atomic E-state index is 0.288. The second kappa shape index (κ2) is 5.82. The maximum Gasteiger partial charge on any atom is 0.247 e. The second-order valence-electron chi connectivity index (χ2n) is 5.11. The van der Waals surface area contributed by atoms with Gasteiger partial charge >= 0.3 is 0 Å². The zero-order chi connectivity index (χ0) is 15.8. The fourth-order valence-electron chi connectivity index (χ4n) is 2.51. The molecule has 23 heavy (non-hydrogen) atoms. The van der Waals surface area contributed by atoms with Gasteiger partial charge in [0.1, 0.15) is 0 Å². The van der Waals surface area contributed by atoms with E-state index in [1.54, 1.807) is 11.3 Å². The topological polar surface area (TPSA) is 59.9 Å². The number of fused-ring (bicyclic) bond motifs is 3. The number of ether oxygens (including phenoxy) is 1. The summed E-state index contributed by atoms with van der Waals surface area (Å²) in [5.74, 6) is 0.514. The van der Waals surface area contributed by atoms with Crippen LogP contribution in [0.4, 0.5) is 5.69 Å². The number of rotatable bonds is 2. The molecular formula is C16H14N4OS2. The first kappa shape index (κ1) is 14.5. The molecule has 0 spiro atoms. The molecule has 5 nitrogen and oxygen atoms in total. The number of thioether (sulfide) groups is 1. The van der Waals surface area contributed by atoms with Crippen LogP contribution in [0.1, 0.15) is 16.7 Å². The van der Waals surface area contributed by atoms with Gasteiger partial charge in [0, 0.05) is 11.3 Å². The Morgan fingerprint density at radius 2 is 2.09 bits per heavy atom. The quantitative estimate of drug-likeness (QED) is 0.707. The molecule has 1 aliphatic rings. The maximum absolute atomic E-state index is 6.18. The van der Waals surface area contributed by atoms with Crippen molar-refractivity contribution in [1.29, 1.82) is 0 Å². The summed E-state index contributed by atoms with van der Waals surface area (Å²) in [6.07, 6.45) is 1.64. The molecule has 3 heterocycles. The van der Waals surface area contributed by atoms with Crippen LogP contribution in [-0.4, -0.2) is 21.4 Å². The van der Waals surface area contributed by atoms with Gasteiger partial charge in [0.15, 0.2) is 5.69 Å². The Hall–Kier alpha value is -2.12. The highest BCUT2D eigenvalue weighted by molar-refractivity contribution is 7.98. The molecule has 2 aromatic heterocycles. The molecule has 3 aromatic rings. The summed E-state index contributed by atoms with van der Waals surface area (Å²) in [6.45, 7) is 2.08. The number of hydrogen-bond acceptors (Lipinski definition) is 7. The molecule has 1 aromatic carbocycles. The normalized spacial score (nSPS) is 15.8. The molecule has 1 N–H and O–H groups in total. The zero-order valence-electron chi connectivity index (χ0n) is 12.6. The average molecular weight is 342 g/mol. The predicted molar refractivity (Wildman–Crippen MR) is 93.1 cm³/mol. The first-order chi connectivity index (χ1) is 11.3. The van der Waals surface area contributed by atoms with Crippen LogP contribution >= 0.6 is 23.1 Å². The lowest BCUT2D eigenvalue weighted by molar-refractivity contribution is 0.228. The molecule has 0 saturated carbocycles. The number of nitrogens with one attached hydrogen (secondary N) is 1. The third-order valence-electron chi connectivity index (χ3n) is 3.66. The van der Waals surface area contributed by atoms with Crippen LogP contribution < -0.4 is 10.1 Å². The Labute approximate surface area is 142 Å². The first-order valence-corrected chi connectivity index (χ1v) is 9.22. The van der Waals surface area contributed by atoms with Crippen molar-refractivity contribution in [2.75, 3.05) is 11.6 Å². The monoisotopic (exact) mass is 342 g/mol. The van der Waals surface area contributed by atoms with Gasteiger partial charge in [0.25, 0.3) is 0 Å². The van der Waals surface area contributed by atoms with Gasteiger partial charge in [0.05, 0.1) is 4.88 Å². The van der Waals surface area contributed by atoms with E-state index in [0.29, 0.717) is 16.7 Å². The summed E-state index contributed by atoms with van der Waals surface area (Å²) in [6, 6.07) is 10.1. The molecule has 116 valence electrons. The average Bonchev–Trinajstić information content (AvgIpc) is 2.93. The third kappa shape index (κ3) is 2.55. The molecule has 1 unspecified atom stereocenters. The van der Waals surface area contributed by atoms with E-state index in [0.717, 1.165) is 16.1 Å². The van der Waals surface area contributed by atoms with Gasteiger partial charge in [-0.15, -0.1) is 21.5 Å². The Morgan fingerprint density at radius 1 is 1.22 bits per heavy atom. The number of para-hydroxylation sites is 1. The third-order valence-corrected chi connectivity index (χ3v) is 5.26. The van der Waals surface area contributed by atoms with Gasteiger partial charge in [-0.1, -0.05) is 30.0 Å². The smallest absolute Gasteiger partial charge is 0.247 e. The molecular weight excluding hydrogens is 328 g/mol. The molecule has 0 saturated heterocycles. The Kier molecular flexibility index (Phi) is 3.66. The fourth-order valence-corrected chi connectivity index (χ4v) is 3.71. The lowest BCUT2D eigenvalue weighted by atomic mass is 10.1. The summed E-state index contributed by atoms with van der Waals surface area (Å²) in [7, 11) is 0. The van der Waals surface area contributed by atoms with Crippen molar-refractivity contribution < 1.29 is 4.74 Å². The molecule has 7 heteroatoms. The number of aromatic nitrogens is 3. The standard InChI is InChI=1S/C16H14N4OS2/c1-9-7-8-23-13(9)15-17-11-6-4-3-5-10(11)12-14(21-15)18-16(22-2)20-19-12/h3-8,15,17H,1-2H3. The highest BCUT2D eigenvalue weighted by Crippen LogP contribution is 2.40. The first-order valence-electron chi connectivity index (χ1n) is 7.11. The van der Waals surface area contributed by atoms with E-state index in [2.05, 4.69) is 38.9 Å². The van der Waals surface area contributed by atoms with E-state index >= 15 is 0 Å². The van der Waals surface area contributed by atoms with Gasteiger partial charge < -0.3 is 10.1 Å². The Morgan fingerprint density at radius 3 is 2.87 bits per heavy atom. The van der Waals surface area contributed by atoms with Gasteiger partial charge in [0.2, 0.25) is 17.3 Å².